The zero-order valence-corrected chi connectivity index (χ0v) is 75.7. The number of nitrogens with one attached hydrogen (secondary N) is 2. The van der Waals surface area contributed by atoms with E-state index in [1.165, 1.54) is 38.5 Å². The number of unbranched alkanes of at least 4 members (excludes halogenated alkanes) is 44. The Hall–Kier alpha value is -3.20. The second-order valence-corrected chi connectivity index (χ2v) is 36.7. The quantitative estimate of drug-likeness (QED) is 0.0118. The van der Waals surface area contributed by atoms with Gasteiger partial charge in [0.2, 0.25) is 11.8 Å². The van der Waals surface area contributed by atoms with E-state index >= 15 is 4.79 Å². The van der Waals surface area contributed by atoms with Gasteiger partial charge in [0, 0.05) is 19.5 Å². The van der Waals surface area contributed by atoms with Crippen LogP contribution in [0.2, 0.25) is 0 Å². The number of esters is 4. The van der Waals surface area contributed by atoms with Gasteiger partial charge in [-0.15, -0.1) is 0 Å². The lowest BCUT2D eigenvalue weighted by Gasteiger charge is -2.47. The third kappa shape index (κ3) is 57.0. The predicted molar refractivity (Wildman–Crippen MR) is 457 cm³/mol. The van der Waals surface area contributed by atoms with Gasteiger partial charge in [0.25, 0.3) is 0 Å². The third-order valence-electron chi connectivity index (χ3n) is 22.4. The van der Waals surface area contributed by atoms with Gasteiger partial charge in [-0.1, -0.05) is 337 Å². The maximum absolute atomic E-state index is 15.1. The van der Waals surface area contributed by atoms with Crippen molar-refractivity contribution < 1.29 is 115 Å². The van der Waals surface area contributed by atoms with Crippen molar-refractivity contribution in [2.45, 2.75) is 512 Å². The standard InChI is InChI=1S/C89H168N2O24P2/c1-8-14-20-26-32-36-42-47-52-58-70(93)64-76(95)90-82-86(112-80(99)65-71(94)59-53-46-40-30-24-18-12-5)84(101)75(111-89(82)115-116(7,102)103)69-107-88-83(91-77(96)66-72(60-54-49-43-37-33-27-21-15-9-2)108-78(97)62-56-50-44-38-34-28-22-16-10-3)87(85(74(68-92)110-88)114-117(104,105)106)113-81(100)67-73(61-55-48-41-31-25-19-13-6)109-79(98)63-57-51-45-39-35-29-23-17-11-4/h70-75,82-89,92-94,101H,8-69H2,1-7H3,(H,90,95)(H,91,96)(H,102,103)(H2,104,105,106)/t70?,71?,72?,73?,74?,75?,82?,83?,84-,85-,86-,87-,88-,89-/m1/s1. The van der Waals surface area contributed by atoms with E-state index in [1.54, 1.807) is 0 Å². The monoisotopic (exact) mass is 1710 g/mol. The average molecular weight is 1710 g/mol. The maximum atomic E-state index is 15.1. The summed E-state index contributed by atoms with van der Waals surface area (Å²) in [5, 5.41) is 51.5. The van der Waals surface area contributed by atoms with Gasteiger partial charge in [-0.25, -0.2) is 4.57 Å². The Morgan fingerprint density at radius 1 is 0.368 bits per heavy atom. The third-order valence-corrected chi connectivity index (χ3v) is 23.5. The minimum Gasteiger partial charge on any atom is -0.462 e. The van der Waals surface area contributed by atoms with Crippen LogP contribution in [0.25, 0.3) is 0 Å². The first-order chi connectivity index (χ1) is 56.3. The molecule has 0 aromatic rings. The average Bonchev–Trinajstić information content (AvgIpc) is 0.779. The lowest BCUT2D eigenvalue weighted by Crippen LogP contribution is -2.68. The van der Waals surface area contributed by atoms with Crippen LogP contribution in [0.4, 0.5) is 0 Å². The van der Waals surface area contributed by atoms with Crippen LogP contribution in [-0.4, -0.2) is 176 Å². The van der Waals surface area contributed by atoms with Gasteiger partial charge in [-0.3, -0.25) is 42.4 Å². The number of rotatable bonds is 78. The maximum Gasteiger partial charge on any atom is 0.470 e. The van der Waals surface area contributed by atoms with Crippen LogP contribution in [0.1, 0.15) is 427 Å². The SMILES string of the molecule is CCCCCCCCCCCC(=O)OC(CCCCCCCCCCC)CC(=O)NC1[C@H](OCC2O[C@H](OP(C)(=O)O)C(NC(=O)CC(O)CCCCCCCCCCC)[C@@H](OC(=O)CC(O)CCCCCCCCC)[C@@H]2O)OC(CO)[C@@H](OP(=O)(O)O)[C@@H]1OC(=O)CC(CCCCCCCCC)OC(=O)CCCCCCCCCCC. The van der Waals surface area contributed by atoms with Crippen molar-refractivity contribution in [3.8, 4) is 0 Å². The van der Waals surface area contributed by atoms with Crippen molar-refractivity contribution in [3.63, 3.8) is 0 Å². The predicted octanol–water partition coefficient (Wildman–Crippen LogP) is 19.0. The first-order valence-electron chi connectivity index (χ1n) is 47.0. The molecule has 0 bridgehead atoms. The second kappa shape index (κ2) is 70.1. The fraction of sp³-hybridized carbons (Fsp3) is 0.933. The van der Waals surface area contributed by atoms with Crippen LogP contribution in [-0.2, 0) is 80.1 Å². The van der Waals surface area contributed by atoms with E-state index in [0.717, 1.165) is 251 Å². The van der Waals surface area contributed by atoms with Crippen LogP contribution in [0.5, 0.6) is 0 Å². The van der Waals surface area contributed by atoms with Gasteiger partial charge >= 0.3 is 39.3 Å². The Balaban J connectivity index is 2.84. The summed E-state index contributed by atoms with van der Waals surface area (Å²) in [5.74, 6) is -4.84. The summed E-state index contributed by atoms with van der Waals surface area (Å²) in [6.07, 6.45) is 28.2. The molecular weight excluding hydrogens is 1540 g/mol. The molecule has 2 rings (SSSR count). The molecule has 28 heteroatoms. The largest absolute Gasteiger partial charge is 0.470 e. The van der Waals surface area contributed by atoms with Crippen LogP contribution in [0, 0.1) is 0 Å². The molecule has 2 aliphatic heterocycles. The molecule has 0 aromatic heterocycles. The number of aliphatic hydroxyl groups excluding tert-OH is 4. The first-order valence-corrected chi connectivity index (χ1v) is 50.5. The van der Waals surface area contributed by atoms with Gasteiger partial charge in [-0.05, 0) is 51.4 Å². The van der Waals surface area contributed by atoms with Gasteiger partial charge in [0.05, 0.1) is 51.1 Å². The van der Waals surface area contributed by atoms with Crippen LogP contribution >= 0.6 is 15.4 Å². The second-order valence-electron chi connectivity index (χ2n) is 33.7. The van der Waals surface area contributed by atoms with Crippen LogP contribution < -0.4 is 10.6 Å². The summed E-state index contributed by atoms with van der Waals surface area (Å²) in [6.45, 7) is 11.8. The van der Waals surface area contributed by atoms with E-state index in [1.807, 2.05) is 0 Å². The normalized spacial score (nSPS) is 21.2. The highest BCUT2D eigenvalue weighted by molar-refractivity contribution is 7.51. The number of ether oxygens (including phenoxy) is 7. The number of phosphoric ester groups is 1. The van der Waals surface area contributed by atoms with E-state index in [0.29, 0.717) is 38.5 Å². The molecule has 0 spiro atoms. The molecule has 9 unspecified atom stereocenters. The van der Waals surface area contributed by atoms with Gasteiger partial charge < -0.3 is 78.9 Å². The molecule has 0 aliphatic carbocycles. The van der Waals surface area contributed by atoms with Gasteiger partial charge in [-0.2, -0.15) is 0 Å². The summed E-state index contributed by atoms with van der Waals surface area (Å²) < 4.78 is 81.1. The highest BCUT2D eigenvalue weighted by Gasteiger charge is 2.55. The fourth-order valence-corrected chi connectivity index (χ4v) is 16.7. The van der Waals surface area contributed by atoms with Crippen molar-refractivity contribution in [2.75, 3.05) is 19.9 Å². The molecule has 0 aromatic carbocycles. The lowest BCUT2D eigenvalue weighted by molar-refractivity contribution is -0.296. The molecule has 117 heavy (non-hydrogen) atoms. The Morgan fingerprint density at radius 3 is 1.06 bits per heavy atom. The fourth-order valence-electron chi connectivity index (χ4n) is 15.6. The Bertz CT molecular complexity index is 2600. The van der Waals surface area contributed by atoms with Crippen molar-refractivity contribution in [1.82, 2.24) is 10.6 Å². The molecule has 0 radical (unpaired) electrons. The van der Waals surface area contributed by atoms with E-state index in [4.69, 9.17) is 42.2 Å². The number of hydrogen-bond donors (Lipinski definition) is 9. The minimum atomic E-state index is -5.66. The number of amides is 2. The summed E-state index contributed by atoms with van der Waals surface area (Å²) in [5.41, 5.74) is 0. The molecule has 15 atom stereocenters. The van der Waals surface area contributed by atoms with E-state index in [9.17, 15) is 68.2 Å². The zero-order chi connectivity index (χ0) is 86.2. The van der Waals surface area contributed by atoms with Crippen molar-refractivity contribution >= 4 is 51.1 Å². The number of phosphoric acid groups is 1. The Morgan fingerprint density at radius 2 is 0.684 bits per heavy atom. The summed E-state index contributed by atoms with van der Waals surface area (Å²) >= 11 is 0. The molecule has 0 saturated carbocycles. The lowest BCUT2D eigenvalue weighted by atomic mass is 9.95. The molecule has 688 valence electrons. The molecule has 2 saturated heterocycles. The molecule has 2 fully saturated rings. The van der Waals surface area contributed by atoms with Crippen LogP contribution in [0.3, 0.4) is 0 Å². The summed E-state index contributed by atoms with van der Waals surface area (Å²) in [6, 6.07) is -3.66. The summed E-state index contributed by atoms with van der Waals surface area (Å²) in [4.78, 5) is 118. The molecule has 2 heterocycles. The number of carbonyl (C=O) groups excluding carboxylic acids is 6. The molecule has 9 N–H and O–H groups in total. The van der Waals surface area contributed by atoms with Crippen molar-refractivity contribution in [3.05, 3.63) is 0 Å². The first kappa shape index (κ1) is 110. The number of hydrogen-bond acceptors (Lipinski definition) is 21. The zero-order valence-electron chi connectivity index (χ0n) is 73.9. The molecule has 26 nitrogen and oxygen atoms in total. The molecule has 2 aliphatic rings. The minimum absolute atomic E-state index is 0.0884. The molecular formula is C89H168N2O24P2. The topological polar surface area (TPSA) is 385 Å². The highest BCUT2D eigenvalue weighted by atomic mass is 31.2. The van der Waals surface area contributed by atoms with Crippen molar-refractivity contribution in [2.24, 2.45) is 0 Å². The van der Waals surface area contributed by atoms with E-state index < -0.39 is 176 Å². The van der Waals surface area contributed by atoms with E-state index in [-0.39, 0.29) is 38.5 Å². The Kier molecular flexibility index (Phi) is 65.8. The Labute approximate surface area is 706 Å². The summed E-state index contributed by atoms with van der Waals surface area (Å²) in [7, 11) is -10.3. The number of carbonyl (C=O) groups is 6. The van der Waals surface area contributed by atoms with E-state index in [2.05, 4.69) is 52.2 Å². The van der Waals surface area contributed by atoms with Gasteiger partial charge in [0.1, 0.15) is 48.7 Å². The van der Waals surface area contributed by atoms with Crippen LogP contribution in [0.15, 0.2) is 0 Å². The smallest absolute Gasteiger partial charge is 0.462 e. The molecule has 2 amide bonds. The van der Waals surface area contributed by atoms with Gasteiger partial charge in [0.15, 0.2) is 24.8 Å². The van der Waals surface area contributed by atoms with Crippen molar-refractivity contribution in [1.29, 1.82) is 0 Å². The highest BCUT2D eigenvalue weighted by Crippen LogP contribution is 2.44. The number of aliphatic hydroxyl groups is 4.